The lowest BCUT2D eigenvalue weighted by Gasteiger charge is -2.26. The van der Waals surface area contributed by atoms with E-state index < -0.39 is 78.7 Å². The molecular weight excluding hydrogens is 442 g/mol. The average molecular weight is 475 g/mol. The number of primary amides is 1. The van der Waals surface area contributed by atoms with E-state index in [9.17, 15) is 33.9 Å². The summed E-state index contributed by atoms with van der Waals surface area (Å²) in [5.74, 6) is -6.58. The predicted octanol–water partition coefficient (Wildman–Crippen LogP) is -2.98. The standard InChI is InChI=1S/C19H33N5O9/c1-8(2)6-10(20)16(29)22-11(4-5-14(27)28)17(30)24-15(9(3)25)18(31)23-12(19(32)33)7-13(21)26/h8-12,15,25H,4-7,20H2,1-3H3,(H2,21,26)(H,22,29)(H,23,31)(H,24,30)(H,27,28)(H,32,33). The van der Waals surface area contributed by atoms with Crippen LogP contribution in [-0.4, -0.2) is 81.2 Å². The van der Waals surface area contributed by atoms with E-state index >= 15 is 0 Å². The van der Waals surface area contributed by atoms with Crippen molar-refractivity contribution < 1.29 is 44.1 Å². The Morgan fingerprint density at radius 2 is 1.39 bits per heavy atom. The number of carbonyl (C=O) groups excluding carboxylic acids is 4. The number of carbonyl (C=O) groups is 6. The van der Waals surface area contributed by atoms with Crippen molar-refractivity contribution in [3.63, 3.8) is 0 Å². The second-order valence-corrected chi connectivity index (χ2v) is 8.03. The Hall–Kier alpha value is -3.26. The van der Waals surface area contributed by atoms with Crippen molar-refractivity contribution in [2.24, 2.45) is 17.4 Å². The van der Waals surface area contributed by atoms with Crippen molar-refractivity contribution in [3.05, 3.63) is 0 Å². The number of aliphatic hydroxyl groups is 1. The molecule has 5 unspecified atom stereocenters. The Morgan fingerprint density at radius 1 is 0.848 bits per heavy atom. The molecule has 0 saturated carbocycles. The van der Waals surface area contributed by atoms with Gasteiger partial charge >= 0.3 is 11.9 Å². The molecule has 0 aliphatic carbocycles. The van der Waals surface area contributed by atoms with Gasteiger partial charge < -0.3 is 42.7 Å². The van der Waals surface area contributed by atoms with Crippen LogP contribution < -0.4 is 27.4 Å². The van der Waals surface area contributed by atoms with Crippen LogP contribution in [0.1, 0.15) is 46.5 Å². The number of carboxylic acid groups (broad SMARTS) is 2. The van der Waals surface area contributed by atoms with Crippen molar-refractivity contribution in [3.8, 4) is 0 Å². The quantitative estimate of drug-likeness (QED) is 0.119. The molecule has 0 aromatic heterocycles. The van der Waals surface area contributed by atoms with E-state index in [1.807, 2.05) is 19.2 Å². The van der Waals surface area contributed by atoms with Gasteiger partial charge in [0.2, 0.25) is 23.6 Å². The smallest absolute Gasteiger partial charge is 0.326 e. The number of hydrogen-bond donors (Lipinski definition) is 8. The molecule has 0 spiro atoms. The molecule has 0 aliphatic rings. The number of nitrogens with two attached hydrogens (primary N) is 2. The van der Waals surface area contributed by atoms with Crippen LogP contribution in [0.25, 0.3) is 0 Å². The van der Waals surface area contributed by atoms with Crippen molar-refractivity contribution in [1.29, 1.82) is 0 Å². The summed E-state index contributed by atoms with van der Waals surface area (Å²) in [7, 11) is 0. The minimum atomic E-state index is -1.70. The number of aliphatic hydroxyl groups excluding tert-OH is 1. The fraction of sp³-hybridized carbons (Fsp3) is 0.684. The van der Waals surface area contributed by atoms with E-state index in [1.54, 1.807) is 0 Å². The van der Waals surface area contributed by atoms with Crippen LogP contribution in [0.5, 0.6) is 0 Å². The molecule has 0 aromatic carbocycles. The summed E-state index contributed by atoms with van der Waals surface area (Å²) in [6.45, 7) is 4.80. The number of aliphatic carboxylic acids is 2. The molecule has 0 rings (SSSR count). The highest BCUT2D eigenvalue weighted by Crippen LogP contribution is 2.06. The van der Waals surface area contributed by atoms with E-state index in [0.29, 0.717) is 6.42 Å². The lowest BCUT2D eigenvalue weighted by molar-refractivity contribution is -0.144. The molecule has 0 saturated heterocycles. The number of nitrogens with one attached hydrogen (secondary N) is 3. The molecule has 0 bridgehead atoms. The van der Waals surface area contributed by atoms with Gasteiger partial charge in [-0.3, -0.25) is 24.0 Å². The Kier molecular flexibility index (Phi) is 12.6. The highest BCUT2D eigenvalue weighted by Gasteiger charge is 2.33. The average Bonchev–Trinajstić information content (AvgIpc) is 2.66. The van der Waals surface area contributed by atoms with Gasteiger partial charge in [0, 0.05) is 6.42 Å². The van der Waals surface area contributed by atoms with Crippen LogP contribution in [-0.2, 0) is 28.8 Å². The SMILES string of the molecule is CC(C)CC(N)C(=O)NC(CCC(=O)O)C(=O)NC(C(=O)NC(CC(N)=O)C(=O)O)C(C)O. The number of carboxylic acids is 2. The minimum absolute atomic E-state index is 0.0722. The fourth-order valence-corrected chi connectivity index (χ4v) is 2.75. The van der Waals surface area contributed by atoms with Gasteiger partial charge in [-0.25, -0.2) is 4.79 Å². The van der Waals surface area contributed by atoms with Crippen molar-refractivity contribution in [1.82, 2.24) is 16.0 Å². The lowest BCUT2D eigenvalue weighted by atomic mass is 10.0. The zero-order valence-electron chi connectivity index (χ0n) is 18.7. The molecule has 188 valence electrons. The van der Waals surface area contributed by atoms with Crippen LogP contribution in [0.3, 0.4) is 0 Å². The first-order valence-corrected chi connectivity index (χ1v) is 10.2. The third kappa shape index (κ3) is 11.8. The second kappa shape index (κ2) is 14.0. The molecule has 0 aromatic rings. The summed E-state index contributed by atoms with van der Waals surface area (Å²) in [6.07, 6.45) is -2.78. The Bertz CT molecular complexity index is 741. The van der Waals surface area contributed by atoms with Gasteiger partial charge in [0.25, 0.3) is 0 Å². The summed E-state index contributed by atoms with van der Waals surface area (Å²) in [5, 5.41) is 34.4. The summed E-state index contributed by atoms with van der Waals surface area (Å²) < 4.78 is 0. The summed E-state index contributed by atoms with van der Waals surface area (Å²) in [6, 6.07) is -5.75. The molecule has 14 nitrogen and oxygen atoms in total. The topological polar surface area (TPSA) is 251 Å². The van der Waals surface area contributed by atoms with Crippen LogP contribution in [0.2, 0.25) is 0 Å². The second-order valence-electron chi connectivity index (χ2n) is 8.03. The van der Waals surface area contributed by atoms with Crippen molar-refractivity contribution in [2.75, 3.05) is 0 Å². The highest BCUT2D eigenvalue weighted by atomic mass is 16.4. The maximum atomic E-state index is 12.7. The fourth-order valence-electron chi connectivity index (χ4n) is 2.75. The van der Waals surface area contributed by atoms with Crippen LogP contribution in [0.15, 0.2) is 0 Å². The van der Waals surface area contributed by atoms with Crippen molar-refractivity contribution >= 4 is 35.6 Å². The molecular formula is C19H33N5O9. The first-order valence-electron chi connectivity index (χ1n) is 10.2. The number of hydrogen-bond acceptors (Lipinski definition) is 8. The first kappa shape index (κ1) is 29.7. The van der Waals surface area contributed by atoms with Crippen LogP contribution in [0.4, 0.5) is 0 Å². The molecule has 33 heavy (non-hydrogen) atoms. The van der Waals surface area contributed by atoms with Crippen molar-refractivity contribution in [2.45, 2.75) is 76.7 Å². The van der Waals surface area contributed by atoms with Gasteiger partial charge in [0.05, 0.1) is 18.6 Å². The highest BCUT2D eigenvalue weighted by molar-refractivity contribution is 5.95. The van der Waals surface area contributed by atoms with Gasteiger partial charge in [0.15, 0.2) is 0 Å². The number of rotatable bonds is 15. The summed E-state index contributed by atoms with van der Waals surface area (Å²) in [5.41, 5.74) is 10.7. The maximum Gasteiger partial charge on any atom is 0.326 e. The minimum Gasteiger partial charge on any atom is -0.481 e. The molecule has 10 N–H and O–H groups in total. The molecule has 0 fully saturated rings. The third-order valence-electron chi connectivity index (χ3n) is 4.42. The molecule has 0 heterocycles. The van der Waals surface area contributed by atoms with E-state index in [4.69, 9.17) is 21.7 Å². The maximum absolute atomic E-state index is 12.7. The normalized spacial score (nSPS) is 15.5. The number of amides is 4. The zero-order valence-corrected chi connectivity index (χ0v) is 18.7. The monoisotopic (exact) mass is 475 g/mol. The molecule has 14 heteroatoms. The Labute approximate surface area is 190 Å². The first-order chi connectivity index (χ1) is 15.1. The summed E-state index contributed by atoms with van der Waals surface area (Å²) >= 11 is 0. The molecule has 0 radical (unpaired) electrons. The lowest BCUT2D eigenvalue weighted by Crippen LogP contribution is -2.60. The van der Waals surface area contributed by atoms with E-state index in [1.165, 1.54) is 0 Å². The largest absolute Gasteiger partial charge is 0.481 e. The molecule has 5 atom stereocenters. The van der Waals surface area contributed by atoms with E-state index in [-0.39, 0.29) is 12.3 Å². The van der Waals surface area contributed by atoms with Crippen LogP contribution >= 0.6 is 0 Å². The van der Waals surface area contributed by atoms with Gasteiger partial charge in [-0.05, 0) is 25.7 Å². The third-order valence-corrected chi connectivity index (χ3v) is 4.42. The van der Waals surface area contributed by atoms with Gasteiger partial charge in [0.1, 0.15) is 18.1 Å². The summed E-state index contributed by atoms with van der Waals surface area (Å²) in [4.78, 5) is 70.6. The van der Waals surface area contributed by atoms with Gasteiger partial charge in [-0.2, -0.15) is 0 Å². The predicted molar refractivity (Wildman–Crippen MR) is 113 cm³/mol. The Morgan fingerprint density at radius 3 is 1.82 bits per heavy atom. The molecule has 4 amide bonds. The van der Waals surface area contributed by atoms with Crippen LogP contribution in [0, 0.1) is 5.92 Å². The van der Waals surface area contributed by atoms with E-state index in [2.05, 4.69) is 10.6 Å². The van der Waals surface area contributed by atoms with E-state index in [0.717, 1.165) is 6.92 Å². The zero-order chi connectivity index (χ0) is 25.9. The van der Waals surface area contributed by atoms with Gasteiger partial charge in [-0.15, -0.1) is 0 Å². The Balaban J connectivity index is 5.50. The molecule has 0 aliphatic heterocycles. The van der Waals surface area contributed by atoms with Gasteiger partial charge in [-0.1, -0.05) is 13.8 Å².